The summed E-state index contributed by atoms with van der Waals surface area (Å²) < 4.78 is 14.5. The van der Waals surface area contributed by atoms with E-state index in [0.717, 1.165) is 0 Å². The van der Waals surface area contributed by atoms with Crippen LogP contribution in [0.15, 0.2) is 36.5 Å². The Bertz CT molecular complexity index is 679. The van der Waals surface area contributed by atoms with Crippen molar-refractivity contribution < 1.29 is 23.8 Å². The number of ether oxygens (including phenoxy) is 3. The molecule has 0 unspecified atom stereocenters. The predicted octanol–water partition coefficient (Wildman–Crippen LogP) is 2.41. The van der Waals surface area contributed by atoms with Crippen molar-refractivity contribution in [1.29, 1.82) is 0 Å². The molecule has 0 aliphatic rings. The number of aromatic nitrogens is 1. The zero-order valence-electron chi connectivity index (χ0n) is 13.0. The maximum atomic E-state index is 11.9. The minimum absolute atomic E-state index is 0.00813. The van der Waals surface area contributed by atoms with Gasteiger partial charge in [0.15, 0.2) is 5.69 Å². The largest absolute Gasteiger partial charge is 0.497 e. The third kappa shape index (κ3) is 3.57. The van der Waals surface area contributed by atoms with Gasteiger partial charge in [0.05, 0.1) is 32.6 Å². The Labute approximate surface area is 133 Å². The second kappa shape index (κ2) is 7.26. The van der Waals surface area contributed by atoms with E-state index in [4.69, 9.17) is 14.2 Å². The number of pyridine rings is 1. The Hall–Kier alpha value is -3.09. The first-order valence-electron chi connectivity index (χ1n) is 6.67. The molecule has 23 heavy (non-hydrogen) atoms. The van der Waals surface area contributed by atoms with Crippen LogP contribution in [-0.2, 0) is 9.47 Å². The van der Waals surface area contributed by atoms with Gasteiger partial charge < -0.3 is 19.5 Å². The topological polar surface area (TPSA) is 86.8 Å². The van der Waals surface area contributed by atoms with E-state index in [1.807, 2.05) is 0 Å². The van der Waals surface area contributed by atoms with Crippen molar-refractivity contribution in [3.63, 3.8) is 0 Å². The van der Waals surface area contributed by atoms with Crippen molar-refractivity contribution in [1.82, 2.24) is 4.98 Å². The Kier molecular flexibility index (Phi) is 5.14. The summed E-state index contributed by atoms with van der Waals surface area (Å²) in [7, 11) is 4.07. The Morgan fingerprint density at radius 3 is 2.17 bits per heavy atom. The molecule has 1 heterocycles. The number of nitrogens with one attached hydrogen (secondary N) is 1. The number of hydrogen-bond donors (Lipinski definition) is 1. The highest BCUT2D eigenvalue weighted by atomic mass is 16.5. The molecular weight excluding hydrogens is 300 g/mol. The number of carbonyl (C=O) groups is 2. The molecule has 0 aliphatic heterocycles. The van der Waals surface area contributed by atoms with Gasteiger partial charge in [0, 0.05) is 11.9 Å². The van der Waals surface area contributed by atoms with Gasteiger partial charge in [0.2, 0.25) is 0 Å². The number of carbonyl (C=O) groups excluding carboxylic acids is 2. The summed E-state index contributed by atoms with van der Waals surface area (Å²) in [6.45, 7) is 0. The summed E-state index contributed by atoms with van der Waals surface area (Å²) in [6, 6.07) is 8.44. The molecule has 1 aromatic carbocycles. The van der Waals surface area contributed by atoms with Crippen molar-refractivity contribution >= 4 is 23.3 Å². The first-order valence-corrected chi connectivity index (χ1v) is 6.67. The molecule has 0 saturated carbocycles. The van der Waals surface area contributed by atoms with E-state index in [9.17, 15) is 9.59 Å². The standard InChI is InChI=1S/C16H16N2O5/c1-21-11-6-4-10(5-7-11)18-13-12(15(19)22-2)8-9-17-14(13)16(20)23-3/h4-9,18H,1-3H3. The molecule has 7 heteroatoms. The summed E-state index contributed by atoms with van der Waals surface area (Å²) in [5, 5.41) is 3.00. The van der Waals surface area contributed by atoms with Gasteiger partial charge >= 0.3 is 11.9 Å². The number of anilines is 2. The molecular formula is C16H16N2O5. The monoisotopic (exact) mass is 316 g/mol. The maximum Gasteiger partial charge on any atom is 0.358 e. The highest BCUT2D eigenvalue weighted by Gasteiger charge is 2.21. The molecule has 0 radical (unpaired) electrons. The van der Waals surface area contributed by atoms with E-state index in [1.54, 1.807) is 31.4 Å². The van der Waals surface area contributed by atoms with Crippen molar-refractivity contribution in [3.8, 4) is 5.75 Å². The number of rotatable bonds is 5. The SMILES string of the molecule is COC(=O)c1ccnc(C(=O)OC)c1Nc1ccc(OC)cc1. The summed E-state index contributed by atoms with van der Waals surface area (Å²) in [5.41, 5.74) is 1.04. The van der Waals surface area contributed by atoms with Crippen LogP contribution in [0, 0.1) is 0 Å². The fourth-order valence-corrected chi connectivity index (χ4v) is 1.94. The summed E-state index contributed by atoms with van der Waals surface area (Å²) in [5.74, 6) is -0.566. The second-order valence-corrected chi connectivity index (χ2v) is 4.42. The quantitative estimate of drug-likeness (QED) is 0.847. The van der Waals surface area contributed by atoms with Gasteiger partial charge in [-0.1, -0.05) is 0 Å². The van der Waals surface area contributed by atoms with Crippen LogP contribution < -0.4 is 10.1 Å². The molecule has 0 aliphatic carbocycles. The van der Waals surface area contributed by atoms with Gasteiger partial charge in [-0.05, 0) is 30.3 Å². The van der Waals surface area contributed by atoms with Crippen LogP contribution in [0.5, 0.6) is 5.75 Å². The molecule has 0 saturated heterocycles. The van der Waals surface area contributed by atoms with Crippen LogP contribution in [0.1, 0.15) is 20.8 Å². The lowest BCUT2D eigenvalue weighted by atomic mass is 10.1. The van der Waals surface area contributed by atoms with Crippen molar-refractivity contribution in [2.45, 2.75) is 0 Å². The smallest absolute Gasteiger partial charge is 0.358 e. The highest BCUT2D eigenvalue weighted by Crippen LogP contribution is 2.26. The highest BCUT2D eigenvalue weighted by molar-refractivity contribution is 6.03. The van der Waals surface area contributed by atoms with Crippen LogP contribution >= 0.6 is 0 Å². The predicted molar refractivity (Wildman–Crippen MR) is 83.2 cm³/mol. The lowest BCUT2D eigenvalue weighted by Gasteiger charge is -2.14. The molecule has 2 aromatic rings. The molecule has 0 fully saturated rings. The summed E-state index contributed by atoms with van der Waals surface area (Å²) in [4.78, 5) is 27.8. The third-order valence-corrected chi connectivity index (χ3v) is 3.09. The van der Waals surface area contributed by atoms with E-state index in [0.29, 0.717) is 11.4 Å². The zero-order chi connectivity index (χ0) is 16.8. The first-order chi connectivity index (χ1) is 11.1. The molecule has 7 nitrogen and oxygen atoms in total. The molecule has 1 aromatic heterocycles. The molecule has 0 amide bonds. The van der Waals surface area contributed by atoms with E-state index < -0.39 is 11.9 Å². The van der Waals surface area contributed by atoms with Crippen molar-refractivity contribution in [2.75, 3.05) is 26.6 Å². The Morgan fingerprint density at radius 1 is 0.957 bits per heavy atom. The average molecular weight is 316 g/mol. The fourth-order valence-electron chi connectivity index (χ4n) is 1.94. The Balaban J connectivity index is 2.47. The van der Waals surface area contributed by atoms with E-state index in [2.05, 4.69) is 10.3 Å². The molecule has 120 valence electrons. The lowest BCUT2D eigenvalue weighted by molar-refractivity contribution is 0.0595. The van der Waals surface area contributed by atoms with Gasteiger partial charge in [-0.3, -0.25) is 0 Å². The van der Waals surface area contributed by atoms with E-state index >= 15 is 0 Å². The van der Waals surface area contributed by atoms with Crippen LogP contribution in [0.2, 0.25) is 0 Å². The zero-order valence-corrected chi connectivity index (χ0v) is 13.0. The number of nitrogens with zero attached hydrogens (tertiary/aromatic N) is 1. The minimum Gasteiger partial charge on any atom is -0.497 e. The minimum atomic E-state index is -0.660. The normalized spacial score (nSPS) is 9.87. The van der Waals surface area contributed by atoms with Gasteiger partial charge in [-0.15, -0.1) is 0 Å². The van der Waals surface area contributed by atoms with Crippen LogP contribution in [0.3, 0.4) is 0 Å². The molecule has 0 spiro atoms. The molecule has 0 bridgehead atoms. The van der Waals surface area contributed by atoms with Crippen LogP contribution in [0.25, 0.3) is 0 Å². The number of benzene rings is 1. The van der Waals surface area contributed by atoms with Crippen LogP contribution in [-0.4, -0.2) is 38.3 Å². The summed E-state index contributed by atoms with van der Waals surface area (Å²) >= 11 is 0. The summed E-state index contributed by atoms with van der Waals surface area (Å²) in [6.07, 6.45) is 1.34. The van der Waals surface area contributed by atoms with Gasteiger partial charge in [0.25, 0.3) is 0 Å². The van der Waals surface area contributed by atoms with Crippen LogP contribution in [0.4, 0.5) is 11.4 Å². The van der Waals surface area contributed by atoms with Crippen molar-refractivity contribution in [3.05, 3.63) is 47.8 Å². The van der Waals surface area contributed by atoms with Gasteiger partial charge in [0.1, 0.15) is 5.75 Å². The number of hydrogen-bond acceptors (Lipinski definition) is 7. The third-order valence-electron chi connectivity index (χ3n) is 3.09. The average Bonchev–Trinajstić information content (AvgIpc) is 2.61. The molecule has 2 rings (SSSR count). The van der Waals surface area contributed by atoms with Gasteiger partial charge in [-0.25, -0.2) is 14.6 Å². The maximum absolute atomic E-state index is 11.9. The van der Waals surface area contributed by atoms with E-state index in [-0.39, 0.29) is 16.9 Å². The second-order valence-electron chi connectivity index (χ2n) is 4.42. The molecule has 0 atom stereocenters. The van der Waals surface area contributed by atoms with Crippen molar-refractivity contribution in [2.24, 2.45) is 0 Å². The first kappa shape index (κ1) is 16.3. The van der Waals surface area contributed by atoms with E-state index in [1.165, 1.54) is 26.5 Å². The number of methoxy groups -OCH3 is 3. The fraction of sp³-hybridized carbons (Fsp3) is 0.188. The number of esters is 2. The lowest BCUT2D eigenvalue weighted by Crippen LogP contribution is -2.13. The Morgan fingerprint density at radius 2 is 1.61 bits per heavy atom. The van der Waals surface area contributed by atoms with Gasteiger partial charge in [-0.2, -0.15) is 0 Å². The molecule has 1 N–H and O–H groups in total.